The van der Waals surface area contributed by atoms with E-state index < -0.39 is 0 Å². The third-order valence-corrected chi connectivity index (χ3v) is 3.51. The summed E-state index contributed by atoms with van der Waals surface area (Å²) in [5, 5.41) is 3.42. The Balaban J connectivity index is 1.87. The Morgan fingerprint density at radius 3 is 2.75 bits per heavy atom. The molecule has 84 valence electrons. The van der Waals surface area contributed by atoms with E-state index in [0.29, 0.717) is 0 Å². The number of hydrogen-bond donors (Lipinski definition) is 1. The number of rotatable bonds is 4. The van der Waals surface area contributed by atoms with Crippen LogP contribution in [0.4, 0.5) is 0 Å². The molecule has 0 radical (unpaired) electrons. The van der Waals surface area contributed by atoms with E-state index >= 15 is 0 Å². The zero-order valence-corrected chi connectivity index (χ0v) is 10.5. The summed E-state index contributed by atoms with van der Waals surface area (Å²) in [5.41, 5.74) is 2.38. The molecule has 2 aromatic rings. The van der Waals surface area contributed by atoms with Gasteiger partial charge in [-0.05, 0) is 37.6 Å². The van der Waals surface area contributed by atoms with E-state index in [1.165, 1.54) is 15.3 Å². The Kier molecular flexibility index (Phi) is 3.70. The van der Waals surface area contributed by atoms with Gasteiger partial charge in [-0.15, -0.1) is 11.3 Å². The average molecular weight is 232 g/mol. The number of aryl methyl sites for hydroxylation is 2. The summed E-state index contributed by atoms with van der Waals surface area (Å²) in [6.45, 7) is 5.99. The standard InChI is InChI=1S/C13H16N2S/c1-10-4-3-7-15-13(10)9-14-8-12-6-5-11(2)16-12/h3-7,14H,8-9H2,1-2H3. The van der Waals surface area contributed by atoms with Crippen LogP contribution in [0.5, 0.6) is 0 Å². The maximum atomic E-state index is 4.36. The molecule has 16 heavy (non-hydrogen) atoms. The van der Waals surface area contributed by atoms with Crippen molar-refractivity contribution < 1.29 is 0 Å². The molecule has 0 unspecified atom stereocenters. The highest BCUT2D eigenvalue weighted by Gasteiger charge is 1.99. The first kappa shape index (κ1) is 11.3. The van der Waals surface area contributed by atoms with Gasteiger partial charge in [0, 0.05) is 29.0 Å². The molecule has 0 bridgehead atoms. The highest BCUT2D eigenvalue weighted by molar-refractivity contribution is 7.11. The number of hydrogen-bond acceptors (Lipinski definition) is 3. The van der Waals surface area contributed by atoms with E-state index in [1.54, 1.807) is 0 Å². The first-order chi connectivity index (χ1) is 7.75. The van der Waals surface area contributed by atoms with E-state index in [2.05, 4.69) is 42.3 Å². The van der Waals surface area contributed by atoms with Crippen LogP contribution in [-0.4, -0.2) is 4.98 Å². The molecule has 0 aromatic carbocycles. The first-order valence-corrected chi connectivity index (χ1v) is 6.24. The maximum absolute atomic E-state index is 4.36. The third kappa shape index (κ3) is 2.90. The summed E-state index contributed by atoms with van der Waals surface area (Å²) in [6.07, 6.45) is 1.85. The SMILES string of the molecule is Cc1ccc(CNCc2ncccc2C)s1. The molecule has 2 heterocycles. The second kappa shape index (κ2) is 5.23. The van der Waals surface area contributed by atoms with Gasteiger partial charge < -0.3 is 5.32 Å². The van der Waals surface area contributed by atoms with Crippen molar-refractivity contribution in [1.82, 2.24) is 10.3 Å². The number of nitrogens with one attached hydrogen (secondary N) is 1. The Bertz CT molecular complexity index is 462. The van der Waals surface area contributed by atoms with E-state index in [9.17, 15) is 0 Å². The van der Waals surface area contributed by atoms with Gasteiger partial charge in [0.15, 0.2) is 0 Å². The third-order valence-electron chi connectivity index (χ3n) is 2.51. The van der Waals surface area contributed by atoms with Gasteiger partial charge >= 0.3 is 0 Å². The number of thiophene rings is 1. The molecule has 0 saturated carbocycles. The minimum atomic E-state index is 0.837. The molecule has 1 N–H and O–H groups in total. The van der Waals surface area contributed by atoms with Crippen LogP contribution in [0.15, 0.2) is 30.5 Å². The Labute approximate surface area is 100 Å². The monoisotopic (exact) mass is 232 g/mol. The van der Waals surface area contributed by atoms with Gasteiger partial charge in [0.1, 0.15) is 0 Å². The van der Waals surface area contributed by atoms with Crippen LogP contribution in [0.25, 0.3) is 0 Å². The summed E-state index contributed by atoms with van der Waals surface area (Å²) in [4.78, 5) is 7.10. The summed E-state index contributed by atoms with van der Waals surface area (Å²) >= 11 is 1.84. The van der Waals surface area contributed by atoms with Crippen LogP contribution in [0, 0.1) is 13.8 Å². The highest BCUT2D eigenvalue weighted by atomic mass is 32.1. The lowest BCUT2D eigenvalue weighted by Crippen LogP contribution is -2.13. The summed E-state index contributed by atoms with van der Waals surface area (Å²) in [7, 11) is 0. The zero-order valence-electron chi connectivity index (χ0n) is 9.66. The molecular formula is C13H16N2S. The molecule has 0 saturated heterocycles. The summed E-state index contributed by atoms with van der Waals surface area (Å²) < 4.78 is 0. The van der Waals surface area contributed by atoms with Crippen LogP contribution < -0.4 is 5.32 Å². The van der Waals surface area contributed by atoms with Crippen molar-refractivity contribution >= 4 is 11.3 Å². The largest absolute Gasteiger partial charge is 0.306 e. The normalized spacial score (nSPS) is 10.6. The Hall–Kier alpha value is -1.19. The molecule has 0 amide bonds. The van der Waals surface area contributed by atoms with Crippen LogP contribution in [-0.2, 0) is 13.1 Å². The number of nitrogens with zero attached hydrogens (tertiary/aromatic N) is 1. The quantitative estimate of drug-likeness (QED) is 0.876. The van der Waals surface area contributed by atoms with E-state index in [0.717, 1.165) is 18.8 Å². The first-order valence-electron chi connectivity index (χ1n) is 5.42. The second-order valence-electron chi connectivity index (χ2n) is 3.88. The lowest BCUT2D eigenvalue weighted by Gasteiger charge is -2.05. The number of aromatic nitrogens is 1. The minimum absolute atomic E-state index is 0.837. The van der Waals surface area contributed by atoms with Crippen molar-refractivity contribution in [2.75, 3.05) is 0 Å². The second-order valence-corrected chi connectivity index (χ2v) is 5.26. The van der Waals surface area contributed by atoms with Gasteiger partial charge in [-0.3, -0.25) is 4.98 Å². The molecule has 0 atom stereocenters. The molecule has 3 heteroatoms. The molecule has 0 fully saturated rings. The summed E-state index contributed by atoms with van der Waals surface area (Å²) in [6, 6.07) is 8.41. The van der Waals surface area contributed by atoms with Crippen molar-refractivity contribution in [2.45, 2.75) is 26.9 Å². The molecular weight excluding hydrogens is 216 g/mol. The Morgan fingerprint density at radius 1 is 1.19 bits per heavy atom. The number of pyridine rings is 1. The van der Waals surface area contributed by atoms with Crippen LogP contribution in [0.1, 0.15) is 21.0 Å². The zero-order chi connectivity index (χ0) is 11.4. The van der Waals surface area contributed by atoms with E-state index in [4.69, 9.17) is 0 Å². The van der Waals surface area contributed by atoms with Crippen molar-refractivity contribution in [2.24, 2.45) is 0 Å². The van der Waals surface area contributed by atoms with Crippen molar-refractivity contribution in [1.29, 1.82) is 0 Å². The fourth-order valence-corrected chi connectivity index (χ4v) is 2.45. The average Bonchev–Trinajstić information content (AvgIpc) is 2.67. The highest BCUT2D eigenvalue weighted by Crippen LogP contribution is 2.14. The lowest BCUT2D eigenvalue weighted by molar-refractivity contribution is 0.683. The topological polar surface area (TPSA) is 24.9 Å². The fourth-order valence-electron chi connectivity index (χ4n) is 1.59. The van der Waals surface area contributed by atoms with Crippen molar-refractivity contribution in [3.05, 3.63) is 51.5 Å². The van der Waals surface area contributed by atoms with E-state index in [1.807, 2.05) is 23.6 Å². The molecule has 0 aliphatic rings. The lowest BCUT2D eigenvalue weighted by atomic mass is 10.2. The molecule has 0 aliphatic carbocycles. The van der Waals surface area contributed by atoms with Gasteiger partial charge in [0.2, 0.25) is 0 Å². The summed E-state index contributed by atoms with van der Waals surface area (Å²) in [5.74, 6) is 0. The van der Waals surface area contributed by atoms with E-state index in [-0.39, 0.29) is 0 Å². The predicted octanol–water partition coefficient (Wildman–Crippen LogP) is 3.05. The molecule has 2 aromatic heterocycles. The van der Waals surface area contributed by atoms with Gasteiger partial charge in [0.05, 0.1) is 5.69 Å². The van der Waals surface area contributed by atoms with Crippen molar-refractivity contribution in [3.63, 3.8) is 0 Å². The predicted molar refractivity (Wildman–Crippen MR) is 68.6 cm³/mol. The van der Waals surface area contributed by atoms with Crippen molar-refractivity contribution in [3.8, 4) is 0 Å². The molecule has 2 nitrogen and oxygen atoms in total. The Morgan fingerprint density at radius 2 is 2.06 bits per heavy atom. The van der Waals surface area contributed by atoms with Crippen LogP contribution in [0.2, 0.25) is 0 Å². The fraction of sp³-hybridized carbons (Fsp3) is 0.308. The van der Waals surface area contributed by atoms with Gasteiger partial charge in [-0.1, -0.05) is 6.07 Å². The van der Waals surface area contributed by atoms with Crippen LogP contribution in [0.3, 0.4) is 0 Å². The maximum Gasteiger partial charge on any atom is 0.0570 e. The smallest absolute Gasteiger partial charge is 0.0570 e. The molecule has 0 spiro atoms. The van der Waals surface area contributed by atoms with Gasteiger partial charge in [-0.25, -0.2) is 0 Å². The molecule has 2 rings (SSSR count). The minimum Gasteiger partial charge on any atom is -0.306 e. The van der Waals surface area contributed by atoms with Gasteiger partial charge in [-0.2, -0.15) is 0 Å². The van der Waals surface area contributed by atoms with Crippen LogP contribution >= 0.6 is 11.3 Å². The molecule has 0 aliphatic heterocycles. The van der Waals surface area contributed by atoms with Gasteiger partial charge in [0.25, 0.3) is 0 Å².